The number of nitrogens with two attached hydrogens (primary N) is 1. The van der Waals surface area contributed by atoms with Gasteiger partial charge in [-0.3, -0.25) is 0 Å². The molecule has 1 aromatic heterocycles. The first-order chi connectivity index (χ1) is 7.69. The highest BCUT2D eigenvalue weighted by Gasteiger charge is 2.12. The molecule has 0 saturated carbocycles. The molecule has 0 radical (unpaired) electrons. The molecule has 1 aliphatic heterocycles. The number of aryl methyl sites for hydroxylation is 1. The number of pyridine rings is 1. The predicted octanol–water partition coefficient (Wildman–Crippen LogP) is 2.01. The second kappa shape index (κ2) is 4.66. The maximum atomic E-state index is 5.69. The van der Waals surface area contributed by atoms with Gasteiger partial charge in [0.1, 0.15) is 5.82 Å². The van der Waals surface area contributed by atoms with Gasteiger partial charge in [0.25, 0.3) is 0 Å². The summed E-state index contributed by atoms with van der Waals surface area (Å²) >= 11 is 0. The molecule has 1 aliphatic rings. The molecular formula is C13H19N3. The molecule has 0 aromatic carbocycles. The van der Waals surface area contributed by atoms with E-state index in [4.69, 9.17) is 5.73 Å². The van der Waals surface area contributed by atoms with Crippen LogP contribution in [0.4, 0.5) is 5.82 Å². The average molecular weight is 217 g/mol. The zero-order valence-corrected chi connectivity index (χ0v) is 10.0. The maximum absolute atomic E-state index is 5.69. The van der Waals surface area contributed by atoms with Crippen LogP contribution >= 0.6 is 0 Å². The van der Waals surface area contributed by atoms with E-state index >= 15 is 0 Å². The quantitative estimate of drug-likeness (QED) is 0.770. The Balaban J connectivity index is 2.26. The summed E-state index contributed by atoms with van der Waals surface area (Å²) in [5, 5.41) is 0. The van der Waals surface area contributed by atoms with Gasteiger partial charge in [-0.1, -0.05) is 11.6 Å². The molecule has 0 unspecified atom stereocenters. The third-order valence-corrected chi connectivity index (χ3v) is 2.89. The first-order valence-electron chi connectivity index (χ1n) is 5.77. The Morgan fingerprint density at radius 1 is 1.38 bits per heavy atom. The molecule has 1 aromatic rings. The number of rotatable bonds is 2. The fourth-order valence-electron chi connectivity index (χ4n) is 2.11. The Morgan fingerprint density at radius 2 is 2.19 bits per heavy atom. The monoisotopic (exact) mass is 217 g/mol. The molecule has 0 bridgehead atoms. The molecule has 2 rings (SSSR count). The average Bonchev–Trinajstić information content (AvgIpc) is 2.28. The minimum Gasteiger partial charge on any atom is -0.352 e. The second-order valence-corrected chi connectivity index (χ2v) is 4.44. The SMILES string of the molecule is CC1=CCCN(c2cc(CN)cc(C)n2)C1. The Hall–Kier alpha value is -1.35. The smallest absolute Gasteiger partial charge is 0.129 e. The summed E-state index contributed by atoms with van der Waals surface area (Å²) in [4.78, 5) is 6.90. The molecule has 0 spiro atoms. The van der Waals surface area contributed by atoms with Crippen molar-refractivity contribution < 1.29 is 0 Å². The minimum atomic E-state index is 0.582. The van der Waals surface area contributed by atoms with Crippen LogP contribution in [-0.2, 0) is 6.54 Å². The Kier molecular flexibility index (Phi) is 3.25. The van der Waals surface area contributed by atoms with E-state index in [9.17, 15) is 0 Å². The van der Waals surface area contributed by atoms with E-state index in [1.807, 2.05) is 6.92 Å². The standard InChI is InChI=1S/C13H19N3/c1-10-4-3-5-16(9-10)13-7-12(8-14)6-11(2)15-13/h4,6-7H,3,5,8-9,14H2,1-2H3. The lowest BCUT2D eigenvalue weighted by Crippen LogP contribution is -2.30. The fraction of sp³-hybridized carbons (Fsp3) is 0.462. The molecule has 16 heavy (non-hydrogen) atoms. The van der Waals surface area contributed by atoms with Crippen molar-refractivity contribution in [1.82, 2.24) is 4.98 Å². The highest BCUT2D eigenvalue weighted by molar-refractivity contribution is 5.45. The van der Waals surface area contributed by atoms with Gasteiger partial charge in [-0.25, -0.2) is 4.98 Å². The molecule has 0 fully saturated rings. The van der Waals surface area contributed by atoms with E-state index in [0.29, 0.717) is 6.54 Å². The zero-order valence-electron chi connectivity index (χ0n) is 10.0. The highest BCUT2D eigenvalue weighted by atomic mass is 15.2. The number of aromatic nitrogens is 1. The van der Waals surface area contributed by atoms with Crippen LogP contribution in [0.25, 0.3) is 0 Å². The summed E-state index contributed by atoms with van der Waals surface area (Å²) in [6, 6.07) is 4.15. The van der Waals surface area contributed by atoms with Crippen LogP contribution in [0.15, 0.2) is 23.8 Å². The molecule has 0 saturated heterocycles. The molecule has 0 aliphatic carbocycles. The summed E-state index contributed by atoms with van der Waals surface area (Å²) < 4.78 is 0. The van der Waals surface area contributed by atoms with E-state index in [2.05, 4.69) is 35.0 Å². The number of hydrogen-bond donors (Lipinski definition) is 1. The fourth-order valence-corrected chi connectivity index (χ4v) is 2.11. The van der Waals surface area contributed by atoms with Crippen LogP contribution in [0.2, 0.25) is 0 Å². The van der Waals surface area contributed by atoms with E-state index in [1.165, 1.54) is 5.57 Å². The van der Waals surface area contributed by atoms with Gasteiger partial charge in [-0.2, -0.15) is 0 Å². The van der Waals surface area contributed by atoms with Crippen LogP contribution in [-0.4, -0.2) is 18.1 Å². The van der Waals surface area contributed by atoms with Crippen LogP contribution < -0.4 is 10.6 Å². The van der Waals surface area contributed by atoms with Crippen LogP contribution in [0.1, 0.15) is 24.6 Å². The van der Waals surface area contributed by atoms with Crippen molar-refractivity contribution in [3.05, 3.63) is 35.0 Å². The van der Waals surface area contributed by atoms with Crippen molar-refractivity contribution >= 4 is 5.82 Å². The maximum Gasteiger partial charge on any atom is 0.129 e. The van der Waals surface area contributed by atoms with Gasteiger partial charge < -0.3 is 10.6 Å². The van der Waals surface area contributed by atoms with Gasteiger partial charge in [0.05, 0.1) is 0 Å². The van der Waals surface area contributed by atoms with Gasteiger partial charge in [-0.05, 0) is 38.0 Å². The van der Waals surface area contributed by atoms with Crippen molar-refractivity contribution in [2.45, 2.75) is 26.8 Å². The van der Waals surface area contributed by atoms with Crippen molar-refractivity contribution in [3.63, 3.8) is 0 Å². The Labute approximate surface area is 97.0 Å². The van der Waals surface area contributed by atoms with E-state index in [0.717, 1.165) is 36.6 Å². The summed E-state index contributed by atoms with van der Waals surface area (Å²) in [5.41, 5.74) is 9.32. The van der Waals surface area contributed by atoms with Crippen LogP contribution in [0.3, 0.4) is 0 Å². The summed E-state index contributed by atoms with van der Waals surface area (Å²) in [6.45, 7) is 6.82. The summed E-state index contributed by atoms with van der Waals surface area (Å²) in [6.07, 6.45) is 3.41. The van der Waals surface area contributed by atoms with Crippen LogP contribution in [0.5, 0.6) is 0 Å². The van der Waals surface area contributed by atoms with Gasteiger partial charge in [0.2, 0.25) is 0 Å². The van der Waals surface area contributed by atoms with E-state index < -0.39 is 0 Å². The van der Waals surface area contributed by atoms with Gasteiger partial charge in [0.15, 0.2) is 0 Å². The second-order valence-electron chi connectivity index (χ2n) is 4.44. The first kappa shape index (κ1) is 11.1. The summed E-state index contributed by atoms with van der Waals surface area (Å²) in [7, 11) is 0. The molecular weight excluding hydrogens is 198 g/mol. The van der Waals surface area contributed by atoms with Crippen molar-refractivity contribution in [2.75, 3.05) is 18.0 Å². The lowest BCUT2D eigenvalue weighted by atomic mass is 10.1. The topological polar surface area (TPSA) is 42.1 Å². The lowest BCUT2D eigenvalue weighted by Gasteiger charge is -2.27. The number of nitrogens with zero attached hydrogens (tertiary/aromatic N) is 2. The molecule has 3 nitrogen and oxygen atoms in total. The molecule has 86 valence electrons. The normalized spacial score (nSPS) is 16.2. The predicted molar refractivity (Wildman–Crippen MR) is 67.5 cm³/mol. The summed E-state index contributed by atoms with van der Waals surface area (Å²) in [5.74, 6) is 1.06. The molecule has 2 heterocycles. The third kappa shape index (κ3) is 2.42. The van der Waals surface area contributed by atoms with E-state index in [-0.39, 0.29) is 0 Å². The van der Waals surface area contributed by atoms with Crippen molar-refractivity contribution in [2.24, 2.45) is 5.73 Å². The largest absolute Gasteiger partial charge is 0.352 e. The van der Waals surface area contributed by atoms with E-state index in [1.54, 1.807) is 0 Å². The highest BCUT2D eigenvalue weighted by Crippen LogP contribution is 2.19. The molecule has 3 heteroatoms. The Morgan fingerprint density at radius 3 is 2.88 bits per heavy atom. The number of anilines is 1. The van der Waals surface area contributed by atoms with Crippen molar-refractivity contribution in [1.29, 1.82) is 0 Å². The third-order valence-electron chi connectivity index (χ3n) is 2.89. The van der Waals surface area contributed by atoms with Crippen LogP contribution in [0, 0.1) is 6.92 Å². The molecule has 2 N–H and O–H groups in total. The first-order valence-corrected chi connectivity index (χ1v) is 5.77. The minimum absolute atomic E-state index is 0.582. The van der Waals surface area contributed by atoms with Crippen molar-refractivity contribution in [3.8, 4) is 0 Å². The molecule has 0 amide bonds. The van der Waals surface area contributed by atoms with Gasteiger partial charge in [-0.15, -0.1) is 0 Å². The van der Waals surface area contributed by atoms with Gasteiger partial charge in [0, 0.05) is 25.3 Å². The Bertz CT molecular complexity index is 410. The number of hydrogen-bond acceptors (Lipinski definition) is 3. The molecule has 0 atom stereocenters. The van der Waals surface area contributed by atoms with Gasteiger partial charge >= 0.3 is 0 Å². The lowest BCUT2D eigenvalue weighted by molar-refractivity contribution is 0.774. The zero-order chi connectivity index (χ0) is 11.5.